The molecular formula is C18H12BrN3S. The van der Waals surface area contributed by atoms with Crippen molar-refractivity contribution in [2.45, 2.75) is 0 Å². The largest absolute Gasteiger partial charge is 0.260 e. The molecule has 4 rings (SSSR count). The molecule has 0 saturated heterocycles. The van der Waals surface area contributed by atoms with Crippen LogP contribution in [0.2, 0.25) is 0 Å². The van der Waals surface area contributed by atoms with Crippen molar-refractivity contribution in [2.75, 3.05) is 0 Å². The van der Waals surface area contributed by atoms with Crippen LogP contribution in [-0.2, 0) is 0 Å². The maximum absolute atomic E-state index is 4.78. The van der Waals surface area contributed by atoms with E-state index in [-0.39, 0.29) is 0 Å². The van der Waals surface area contributed by atoms with Crippen LogP contribution < -0.4 is 5.43 Å². The van der Waals surface area contributed by atoms with E-state index >= 15 is 0 Å². The molecular weight excluding hydrogens is 370 g/mol. The number of fused-ring (bicyclic) bond motifs is 1. The summed E-state index contributed by atoms with van der Waals surface area (Å²) in [5, 5.41) is 6.67. The number of amidine groups is 1. The molecule has 112 valence electrons. The molecule has 0 amide bonds. The number of halogens is 1. The number of nitrogens with zero attached hydrogens (tertiary/aromatic N) is 2. The average molecular weight is 382 g/mol. The maximum Gasteiger partial charge on any atom is 0.164 e. The third-order valence-corrected chi connectivity index (χ3v) is 4.89. The minimum Gasteiger partial charge on any atom is -0.260 e. The van der Waals surface area contributed by atoms with E-state index in [9.17, 15) is 0 Å². The summed E-state index contributed by atoms with van der Waals surface area (Å²) in [5.74, 6) is 0.773. The Morgan fingerprint density at radius 3 is 2.61 bits per heavy atom. The van der Waals surface area contributed by atoms with Gasteiger partial charge in [-0.3, -0.25) is 5.43 Å². The molecule has 0 saturated carbocycles. The maximum atomic E-state index is 4.78. The summed E-state index contributed by atoms with van der Waals surface area (Å²) < 4.78 is 1.01. The number of rotatable bonds is 2. The van der Waals surface area contributed by atoms with Gasteiger partial charge in [0.05, 0.1) is 10.6 Å². The first-order valence-electron chi connectivity index (χ1n) is 7.13. The molecule has 1 aromatic heterocycles. The van der Waals surface area contributed by atoms with Crippen LogP contribution in [0.3, 0.4) is 0 Å². The Hall–Kier alpha value is -2.24. The van der Waals surface area contributed by atoms with Gasteiger partial charge in [-0.2, -0.15) is 5.10 Å². The molecule has 0 atom stereocenters. The highest BCUT2D eigenvalue weighted by Gasteiger charge is 2.17. The second-order valence-electron chi connectivity index (χ2n) is 5.04. The quantitative estimate of drug-likeness (QED) is 0.669. The van der Waals surface area contributed by atoms with Gasteiger partial charge in [-0.25, -0.2) is 4.99 Å². The molecule has 23 heavy (non-hydrogen) atoms. The summed E-state index contributed by atoms with van der Waals surface area (Å²) in [4.78, 5) is 5.85. The first-order valence-corrected chi connectivity index (χ1v) is 8.80. The molecule has 0 radical (unpaired) electrons. The standard InChI is InChI=1S/C18H12BrN3S/c19-13-8-9-15-14(11-13)17(12-5-2-1-3-6-12)21-22-18(20-15)16-7-4-10-23-16/h1-11H,(H,20,22). The second-order valence-corrected chi connectivity index (χ2v) is 6.90. The lowest BCUT2D eigenvalue weighted by atomic mass is 10.0. The minimum atomic E-state index is 0.773. The van der Waals surface area contributed by atoms with Gasteiger partial charge in [-0.1, -0.05) is 52.3 Å². The van der Waals surface area contributed by atoms with Gasteiger partial charge < -0.3 is 0 Å². The second kappa shape index (κ2) is 6.10. The minimum absolute atomic E-state index is 0.773. The summed E-state index contributed by atoms with van der Waals surface area (Å²) in [5.41, 5.74) is 6.99. The Morgan fingerprint density at radius 1 is 0.957 bits per heavy atom. The zero-order valence-electron chi connectivity index (χ0n) is 12.0. The number of hydrogen-bond donors (Lipinski definition) is 1. The molecule has 2 heterocycles. The molecule has 2 aromatic carbocycles. The predicted octanol–water partition coefficient (Wildman–Crippen LogP) is 4.94. The molecule has 0 fully saturated rings. The number of hydrogen-bond acceptors (Lipinski definition) is 4. The number of hydrazone groups is 1. The topological polar surface area (TPSA) is 36.8 Å². The molecule has 0 aliphatic carbocycles. The van der Waals surface area contributed by atoms with Crippen molar-refractivity contribution >= 4 is 44.5 Å². The van der Waals surface area contributed by atoms with E-state index in [4.69, 9.17) is 4.99 Å². The number of aliphatic imine (C=N–C) groups is 1. The average Bonchev–Trinajstić information content (AvgIpc) is 3.05. The molecule has 3 nitrogen and oxygen atoms in total. The molecule has 5 heteroatoms. The Labute approximate surface area is 146 Å². The number of nitrogens with one attached hydrogen (secondary N) is 1. The van der Waals surface area contributed by atoms with Crippen molar-refractivity contribution in [3.63, 3.8) is 0 Å². The molecule has 1 N–H and O–H groups in total. The fraction of sp³-hybridized carbons (Fsp3) is 0. The van der Waals surface area contributed by atoms with Crippen molar-refractivity contribution in [2.24, 2.45) is 10.1 Å². The normalized spacial score (nSPS) is 13.4. The van der Waals surface area contributed by atoms with Gasteiger partial charge in [0.25, 0.3) is 0 Å². The summed E-state index contributed by atoms with van der Waals surface area (Å²) in [6.45, 7) is 0. The van der Waals surface area contributed by atoms with E-state index in [1.165, 1.54) is 0 Å². The van der Waals surface area contributed by atoms with E-state index in [0.717, 1.165) is 37.7 Å². The Bertz CT molecular complexity index is 899. The van der Waals surface area contributed by atoms with Crippen LogP contribution in [0.4, 0.5) is 5.69 Å². The van der Waals surface area contributed by atoms with E-state index < -0.39 is 0 Å². The predicted molar refractivity (Wildman–Crippen MR) is 99.9 cm³/mol. The molecule has 1 aliphatic rings. The van der Waals surface area contributed by atoms with Crippen molar-refractivity contribution in [1.29, 1.82) is 0 Å². The third-order valence-electron chi connectivity index (χ3n) is 3.52. The van der Waals surface area contributed by atoms with Crippen LogP contribution in [0.25, 0.3) is 0 Å². The third kappa shape index (κ3) is 2.85. The molecule has 3 aromatic rings. The Morgan fingerprint density at radius 2 is 1.83 bits per heavy atom. The smallest absolute Gasteiger partial charge is 0.164 e. The molecule has 0 spiro atoms. The summed E-state index contributed by atoms with van der Waals surface area (Å²) in [7, 11) is 0. The van der Waals surface area contributed by atoms with Crippen LogP contribution in [0, 0.1) is 0 Å². The van der Waals surface area contributed by atoms with Gasteiger partial charge in [0.1, 0.15) is 5.71 Å². The highest BCUT2D eigenvalue weighted by molar-refractivity contribution is 9.10. The van der Waals surface area contributed by atoms with Crippen LogP contribution >= 0.6 is 27.3 Å². The van der Waals surface area contributed by atoms with E-state index in [0.29, 0.717) is 0 Å². The monoisotopic (exact) mass is 381 g/mol. The Balaban J connectivity index is 1.90. The lowest BCUT2D eigenvalue weighted by Gasteiger charge is -2.08. The molecule has 0 bridgehead atoms. The van der Waals surface area contributed by atoms with Gasteiger partial charge in [-0.15, -0.1) is 11.3 Å². The Kier molecular flexibility index (Phi) is 3.81. The lowest BCUT2D eigenvalue weighted by molar-refractivity contribution is 1.03. The van der Waals surface area contributed by atoms with Crippen molar-refractivity contribution in [3.8, 4) is 0 Å². The fourth-order valence-electron chi connectivity index (χ4n) is 2.45. The summed E-state index contributed by atoms with van der Waals surface area (Å²) >= 11 is 5.19. The molecule has 0 unspecified atom stereocenters. The summed E-state index contributed by atoms with van der Waals surface area (Å²) in [6.07, 6.45) is 0. The zero-order chi connectivity index (χ0) is 15.6. The van der Waals surface area contributed by atoms with Crippen LogP contribution in [0.15, 0.2) is 80.6 Å². The van der Waals surface area contributed by atoms with Crippen molar-refractivity contribution < 1.29 is 0 Å². The highest BCUT2D eigenvalue weighted by Crippen LogP contribution is 2.29. The van der Waals surface area contributed by atoms with E-state index in [1.54, 1.807) is 11.3 Å². The summed E-state index contributed by atoms with van der Waals surface area (Å²) in [6, 6.07) is 20.3. The zero-order valence-corrected chi connectivity index (χ0v) is 14.4. The SMILES string of the molecule is Brc1ccc2c(c1)C(c1ccccc1)=NNC(c1cccs1)=N2. The van der Waals surface area contributed by atoms with E-state index in [1.807, 2.05) is 47.8 Å². The van der Waals surface area contributed by atoms with Gasteiger partial charge in [0.2, 0.25) is 0 Å². The van der Waals surface area contributed by atoms with Gasteiger partial charge in [0.15, 0.2) is 5.84 Å². The van der Waals surface area contributed by atoms with Crippen LogP contribution in [0.1, 0.15) is 16.0 Å². The van der Waals surface area contributed by atoms with Crippen molar-refractivity contribution in [1.82, 2.24) is 5.43 Å². The van der Waals surface area contributed by atoms with Gasteiger partial charge >= 0.3 is 0 Å². The highest BCUT2D eigenvalue weighted by atomic mass is 79.9. The fourth-order valence-corrected chi connectivity index (χ4v) is 3.47. The van der Waals surface area contributed by atoms with Gasteiger partial charge in [-0.05, 0) is 29.6 Å². The number of thiophene rings is 1. The first-order chi connectivity index (χ1) is 11.3. The first kappa shape index (κ1) is 14.4. The van der Waals surface area contributed by atoms with E-state index in [2.05, 4.69) is 44.7 Å². The van der Waals surface area contributed by atoms with Gasteiger partial charge in [0, 0.05) is 15.6 Å². The lowest BCUT2D eigenvalue weighted by Crippen LogP contribution is -2.18. The van der Waals surface area contributed by atoms with Crippen molar-refractivity contribution in [3.05, 3.63) is 86.5 Å². The van der Waals surface area contributed by atoms with Crippen LogP contribution in [0.5, 0.6) is 0 Å². The number of benzene rings is 2. The van der Waals surface area contributed by atoms with Crippen LogP contribution in [-0.4, -0.2) is 11.5 Å². The molecule has 1 aliphatic heterocycles.